The van der Waals surface area contributed by atoms with Crippen LogP contribution in [0.5, 0.6) is 0 Å². The molecule has 68 valence electrons. The molecule has 0 aromatic rings. The fraction of sp³-hybridized carbons (Fsp3) is 0.333. The van der Waals surface area contributed by atoms with Crippen molar-refractivity contribution in [2.75, 3.05) is 19.6 Å². The summed E-state index contributed by atoms with van der Waals surface area (Å²) >= 11 is 0. The Morgan fingerprint density at radius 3 is 1.50 bits per heavy atom. The van der Waals surface area contributed by atoms with Gasteiger partial charge in [-0.3, -0.25) is 5.21 Å². The van der Waals surface area contributed by atoms with E-state index < -0.39 is 0 Å². The lowest BCUT2D eigenvalue weighted by molar-refractivity contribution is -0.979. The van der Waals surface area contributed by atoms with Crippen molar-refractivity contribution in [1.82, 2.24) is 5.59 Å². The highest BCUT2D eigenvalue weighted by Gasteiger charge is 2.21. The molecule has 0 saturated carbocycles. The number of nitrogens with zero attached hydrogens (tertiary/aromatic N) is 1. The largest absolute Gasteiger partial charge is 0.272 e. The molecular formula is C9H17N2O+. The van der Waals surface area contributed by atoms with Gasteiger partial charge < -0.3 is 0 Å². The molecule has 2 N–H and O–H groups in total. The highest BCUT2D eigenvalue weighted by molar-refractivity contribution is 4.74. The van der Waals surface area contributed by atoms with E-state index in [1.54, 1.807) is 18.2 Å². The Kier molecular flexibility index (Phi) is 5.28. The Morgan fingerprint density at radius 2 is 1.33 bits per heavy atom. The first-order valence-corrected chi connectivity index (χ1v) is 3.85. The van der Waals surface area contributed by atoms with Gasteiger partial charge in [0, 0.05) is 0 Å². The van der Waals surface area contributed by atoms with E-state index in [2.05, 4.69) is 25.3 Å². The number of hydrogen-bond acceptors (Lipinski definition) is 2. The Bertz CT molecular complexity index is 139. The molecule has 3 nitrogen and oxygen atoms in total. The van der Waals surface area contributed by atoms with Gasteiger partial charge in [-0.15, -0.1) is 0 Å². The van der Waals surface area contributed by atoms with E-state index in [1.165, 1.54) is 0 Å². The van der Waals surface area contributed by atoms with Crippen molar-refractivity contribution in [2.24, 2.45) is 0 Å². The molecule has 0 aliphatic heterocycles. The fourth-order valence-corrected chi connectivity index (χ4v) is 1.09. The van der Waals surface area contributed by atoms with Gasteiger partial charge in [0.25, 0.3) is 0 Å². The summed E-state index contributed by atoms with van der Waals surface area (Å²) < 4.78 is 0.302. The number of nitrogens with one attached hydrogen (secondary N) is 1. The molecule has 0 atom stereocenters. The van der Waals surface area contributed by atoms with Crippen LogP contribution in [0.2, 0.25) is 0 Å². The van der Waals surface area contributed by atoms with Crippen LogP contribution in [-0.2, 0) is 0 Å². The van der Waals surface area contributed by atoms with Crippen molar-refractivity contribution in [3.8, 4) is 0 Å². The third-order valence-corrected chi connectivity index (χ3v) is 1.65. The maximum atomic E-state index is 8.95. The second kappa shape index (κ2) is 5.71. The monoisotopic (exact) mass is 169 g/mol. The van der Waals surface area contributed by atoms with Crippen LogP contribution in [0.1, 0.15) is 0 Å². The molecule has 0 rings (SSSR count). The van der Waals surface area contributed by atoms with Gasteiger partial charge in [-0.25, -0.2) is 4.59 Å². The first kappa shape index (κ1) is 11.1. The predicted molar refractivity (Wildman–Crippen MR) is 50.4 cm³/mol. The van der Waals surface area contributed by atoms with E-state index in [4.69, 9.17) is 5.21 Å². The third-order valence-electron chi connectivity index (χ3n) is 1.65. The summed E-state index contributed by atoms with van der Waals surface area (Å²) in [7, 11) is 0. The Morgan fingerprint density at radius 1 is 1.00 bits per heavy atom. The second-order valence-electron chi connectivity index (χ2n) is 2.66. The van der Waals surface area contributed by atoms with Crippen molar-refractivity contribution in [2.45, 2.75) is 0 Å². The molecule has 12 heavy (non-hydrogen) atoms. The van der Waals surface area contributed by atoms with Crippen LogP contribution in [0, 0.1) is 0 Å². The van der Waals surface area contributed by atoms with Crippen LogP contribution in [-0.4, -0.2) is 29.4 Å². The van der Waals surface area contributed by atoms with E-state index in [-0.39, 0.29) is 0 Å². The summed E-state index contributed by atoms with van der Waals surface area (Å²) in [6.07, 6.45) is 5.24. The predicted octanol–water partition coefficient (Wildman–Crippen LogP) is 1.25. The first-order chi connectivity index (χ1) is 5.74. The van der Waals surface area contributed by atoms with Crippen molar-refractivity contribution in [1.29, 1.82) is 0 Å². The summed E-state index contributed by atoms with van der Waals surface area (Å²) in [6, 6.07) is 0. The normalized spacial score (nSPS) is 10.8. The number of hydrogen-bond donors (Lipinski definition) is 2. The molecule has 0 aliphatic rings. The van der Waals surface area contributed by atoms with E-state index in [1.807, 2.05) is 0 Å². The summed E-state index contributed by atoms with van der Waals surface area (Å²) in [5, 5.41) is 8.95. The molecule has 0 saturated heterocycles. The minimum absolute atomic E-state index is 0.302. The molecule has 0 amide bonds. The van der Waals surface area contributed by atoms with Crippen LogP contribution in [0.15, 0.2) is 38.0 Å². The Labute approximate surface area is 73.8 Å². The summed E-state index contributed by atoms with van der Waals surface area (Å²) in [6.45, 7) is 12.8. The molecule has 0 heterocycles. The summed E-state index contributed by atoms with van der Waals surface area (Å²) in [4.78, 5) is 0. The highest BCUT2D eigenvalue weighted by Crippen LogP contribution is 2.01. The summed E-state index contributed by atoms with van der Waals surface area (Å²) in [5.74, 6) is 0. The molecule has 0 radical (unpaired) electrons. The van der Waals surface area contributed by atoms with Gasteiger partial charge in [-0.05, 0) is 23.8 Å². The maximum Gasteiger partial charge on any atom is 0.117 e. The van der Waals surface area contributed by atoms with E-state index in [9.17, 15) is 0 Å². The minimum atomic E-state index is 0.302. The zero-order valence-corrected chi connectivity index (χ0v) is 7.37. The van der Waals surface area contributed by atoms with E-state index >= 15 is 0 Å². The lowest BCUT2D eigenvalue weighted by atomic mass is 10.4. The van der Waals surface area contributed by atoms with Gasteiger partial charge in [0.15, 0.2) is 0 Å². The molecule has 0 aromatic heterocycles. The topological polar surface area (TPSA) is 32.3 Å². The standard InChI is InChI=1S/C9H17N2O/c1-4-7-11(10-12,8-5-2)9-6-3/h4-6,10,12H,1-3,7-9H2/q+1. The minimum Gasteiger partial charge on any atom is -0.272 e. The van der Waals surface area contributed by atoms with E-state index in [0.29, 0.717) is 24.2 Å². The zero-order valence-electron chi connectivity index (χ0n) is 7.37. The van der Waals surface area contributed by atoms with Crippen molar-refractivity contribution >= 4 is 0 Å². The Hall–Kier alpha value is -0.900. The SMILES string of the molecule is C=CC[N+](CC=C)(CC=C)NO. The van der Waals surface area contributed by atoms with E-state index in [0.717, 1.165) is 0 Å². The van der Waals surface area contributed by atoms with Gasteiger partial charge in [-0.1, -0.05) is 19.7 Å². The lowest BCUT2D eigenvalue weighted by Gasteiger charge is -2.31. The van der Waals surface area contributed by atoms with Gasteiger partial charge in [0.05, 0.1) is 0 Å². The van der Waals surface area contributed by atoms with Gasteiger partial charge >= 0.3 is 0 Å². The molecule has 3 heteroatoms. The smallest absolute Gasteiger partial charge is 0.117 e. The van der Waals surface area contributed by atoms with Crippen molar-refractivity contribution in [3.63, 3.8) is 0 Å². The first-order valence-electron chi connectivity index (χ1n) is 3.85. The average Bonchev–Trinajstić information content (AvgIpc) is 2.06. The molecule has 0 fully saturated rings. The van der Waals surface area contributed by atoms with Gasteiger partial charge in [0.2, 0.25) is 0 Å². The molecule has 0 unspecified atom stereocenters. The molecule has 0 aliphatic carbocycles. The highest BCUT2D eigenvalue weighted by atomic mass is 16.5. The average molecular weight is 169 g/mol. The third kappa shape index (κ3) is 3.00. The quantitative estimate of drug-likeness (QED) is 0.341. The number of rotatable bonds is 7. The van der Waals surface area contributed by atoms with Crippen LogP contribution in [0.3, 0.4) is 0 Å². The molecule has 0 spiro atoms. The zero-order chi connectivity index (χ0) is 9.45. The summed E-state index contributed by atoms with van der Waals surface area (Å²) in [5.41, 5.74) is 2.24. The van der Waals surface area contributed by atoms with Crippen LogP contribution in [0.4, 0.5) is 0 Å². The van der Waals surface area contributed by atoms with Crippen LogP contribution >= 0.6 is 0 Å². The second-order valence-corrected chi connectivity index (χ2v) is 2.66. The van der Waals surface area contributed by atoms with Crippen LogP contribution < -0.4 is 5.59 Å². The number of quaternary nitrogens is 1. The fourth-order valence-electron chi connectivity index (χ4n) is 1.09. The van der Waals surface area contributed by atoms with Crippen LogP contribution in [0.25, 0.3) is 0 Å². The van der Waals surface area contributed by atoms with Gasteiger partial charge in [0.1, 0.15) is 19.6 Å². The molecular weight excluding hydrogens is 152 g/mol. The molecule has 0 aromatic carbocycles. The van der Waals surface area contributed by atoms with Crippen molar-refractivity contribution in [3.05, 3.63) is 38.0 Å². The van der Waals surface area contributed by atoms with Crippen molar-refractivity contribution < 1.29 is 9.80 Å². The molecule has 0 bridgehead atoms. The Balaban J connectivity index is 4.35. The maximum absolute atomic E-state index is 8.95. The van der Waals surface area contributed by atoms with Gasteiger partial charge in [-0.2, -0.15) is 0 Å². The lowest BCUT2D eigenvalue weighted by Crippen LogP contribution is -2.57.